The quantitative estimate of drug-likeness (QED) is 0.718. The Morgan fingerprint density at radius 1 is 0.917 bits per heavy atom. The van der Waals surface area contributed by atoms with E-state index in [0.29, 0.717) is 17.8 Å². The Morgan fingerprint density at radius 2 is 1.46 bits per heavy atom. The number of hydrogen-bond donors (Lipinski definition) is 3. The third-order valence-corrected chi connectivity index (χ3v) is 3.65. The second-order valence-corrected chi connectivity index (χ2v) is 6.60. The monoisotopic (exact) mass is 389 g/mol. The molecule has 6 heteroatoms. The van der Waals surface area contributed by atoms with Gasteiger partial charge in [-0.3, -0.25) is 4.79 Å². The molecule has 0 saturated heterocycles. The molecule has 0 fully saturated rings. The Bertz CT molecular complexity index is 697. The fourth-order valence-electron chi connectivity index (χ4n) is 2.06. The van der Waals surface area contributed by atoms with E-state index in [-0.39, 0.29) is 18.0 Å². The van der Waals surface area contributed by atoms with Gasteiger partial charge < -0.3 is 16.0 Å². The lowest BCUT2D eigenvalue weighted by molar-refractivity contribution is -0.115. The third-order valence-electron chi connectivity index (χ3n) is 3.12. The van der Waals surface area contributed by atoms with E-state index in [1.165, 1.54) is 0 Å². The van der Waals surface area contributed by atoms with Gasteiger partial charge in [0.05, 0.1) is 6.42 Å². The van der Waals surface area contributed by atoms with Crippen LogP contribution in [-0.2, 0) is 11.2 Å². The van der Waals surface area contributed by atoms with Gasteiger partial charge in [0.15, 0.2) is 0 Å². The normalized spacial score (nSPS) is 10.3. The van der Waals surface area contributed by atoms with E-state index in [1.54, 1.807) is 24.3 Å². The van der Waals surface area contributed by atoms with Crippen LogP contribution in [0.2, 0.25) is 0 Å². The molecule has 5 nitrogen and oxygen atoms in total. The molecule has 0 heterocycles. The topological polar surface area (TPSA) is 70.2 Å². The molecule has 0 atom stereocenters. The Balaban J connectivity index is 1.87. The molecule has 3 N–H and O–H groups in total. The van der Waals surface area contributed by atoms with Crippen molar-refractivity contribution in [1.82, 2.24) is 5.32 Å². The molecule has 0 bridgehead atoms. The predicted octanol–water partition coefficient (Wildman–Crippen LogP) is 4.16. The van der Waals surface area contributed by atoms with Crippen molar-refractivity contribution in [1.29, 1.82) is 0 Å². The highest BCUT2D eigenvalue weighted by Crippen LogP contribution is 2.15. The third kappa shape index (κ3) is 6.04. The number of hydrogen-bond acceptors (Lipinski definition) is 2. The van der Waals surface area contributed by atoms with E-state index >= 15 is 0 Å². The first kappa shape index (κ1) is 18.0. The van der Waals surface area contributed by atoms with Crippen LogP contribution in [0.3, 0.4) is 0 Å². The van der Waals surface area contributed by atoms with Gasteiger partial charge in [-0.1, -0.05) is 28.1 Å². The highest BCUT2D eigenvalue weighted by Gasteiger charge is 2.06. The zero-order valence-corrected chi connectivity index (χ0v) is 15.2. The van der Waals surface area contributed by atoms with Crippen molar-refractivity contribution in [3.05, 3.63) is 58.6 Å². The van der Waals surface area contributed by atoms with Crippen LogP contribution in [0.15, 0.2) is 53.0 Å². The van der Waals surface area contributed by atoms with Crippen LogP contribution in [0.25, 0.3) is 0 Å². The van der Waals surface area contributed by atoms with Gasteiger partial charge >= 0.3 is 6.03 Å². The van der Waals surface area contributed by atoms with Crippen molar-refractivity contribution in [2.45, 2.75) is 26.3 Å². The van der Waals surface area contributed by atoms with Crippen LogP contribution in [0.1, 0.15) is 19.4 Å². The van der Waals surface area contributed by atoms with Crippen molar-refractivity contribution in [3.8, 4) is 0 Å². The van der Waals surface area contributed by atoms with Crippen LogP contribution >= 0.6 is 15.9 Å². The van der Waals surface area contributed by atoms with Gasteiger partial charge in [-0.25, -0.2) is 4.79 Å². The highest BCUT2D eigenvalue weighted by atomic mass is 79.9. The first-order chi connectivity index (χ1) is 11.4. The van der Waals surface area contributed by atoms with E-state index in [1.807, 2.05) is 38.1 Å². The van der Waals surface area contributed by atoms with E-state index in [9.17, 15) is 9.59 Å². The maximum atomic E-state index is 12.0. The first-order valence-electron chi connectivity index (χ1n) is 7.64. The largest absolute Gasteiger partial charge is 0.336 e. The van der Waals surface area contributed by atoms with Crippen LogP contribution in [-0.4, -0.2) is 18.0 Å². The van der Waals surface area contributed by atoms with E-state index in [2.05, 4.69) is 31.9 Å². The predicted molar refractivity (Wildman–Crippen MR) is 100 cm³/mol. The Labute approximate surface area is 150 Å². The first-order valence-corrected chi connectivity index (χ1v) is 8.43. The Morgan fingerprint density at radius 3 is 2.00 bits per heavy atom. The van der Waals surface area contributed by atoms with E-state index in [4.69, 9.17) is 0 Å². The Kier molecular flexibility index (Phi) is 6.37. The zero-order chi connectivity index (χ0) is 17.5. The molecule has 24 heavy (non-hydrogen) atoms. The number of rotatable bonds is 5. The molecule has 2 aromatic rings. The summed E-state index contributed by atoms with van der Waals surface area (Å²) in [5.74, 6) is -0.0874. The molecule has 126 valence electrons. The molecule has 0 radical (unpaired) electrons. The fourth-order valence-corrected chi connectivity index (χ4v) is 2.32. The summed E-state index contributed by atoms with van der Waals surface area (Å²) in [5, 5.41) is 8.32. The van der Waals surface area contributed by atoms with Gasteiger partial charge in [-0.2, -0.15) is 0 Å². The second-order valence-electron chi connectivity index (χ2n) is 5.68. The number of benzene rings is 2. The summed E-state index contributed by atoms with van der Waals surface area (Å²) in [6.07, 6.45) is 0.310. The van der Waals surface area contributed by atoms with Crippen molar-refractivity contribution in [2.24, 2.45) is 0 Å². The van der Waals surface area contributed by atoms with Gasteiger partial charge in [0.25, 0.3) is 0 Å². The maximum Gasteiger partial charge on any atom is 0.319 e. The molecule has 0 saturated carbocycles. The van der Waals surface area contributed by atoms with Gasteiger partial charge in [-0.05, 0) is 55.8 Å². The average molecular weight is 390 g/mol. The number of nitrogens with one attached hydrogen (secondary N) is 3. The molecular formula is C18H20BrN3O2. The summed E-state index contributed by atoms with van der Waals surface area (Å²) in [7, 11) is 0. The van der Waals surface area contributed by atoms with Crippen LogP contribution in [0.5, 0.6) is 0 Å². The minimum absolute atomic E-state index is 0.0715. The summed E-state index contributed by atoms with van der Waals surface area (Å²) < 4.78 is 0.983. The number of carbonyl (C=O) groups is 2. The van der Waals surface area contributed by atoms with Gasteiger partial charge in [-0.15, -0.1) is 0 Å². The molecule has 3 amide bonds. The lowest BCUT2D eigenvalue weighted by Crippen LogP contribution is -2.34. The molecule has 2 rings (SSSR count). The summed E-state index contributed by atoms with van der Waals surface area (Å²) >= 11 is 3.37. The van der Waals surface area contributed by atoms with Crippen molar-refractivity contribution in [2.75, 3.05) is 10.6 Å². The molecule has 0 aromatic heterocycles. The number of urea groups is 1. The number of carbonyl (C=O) groups excluding carboxylic acids is 2. The van der Waals surface area contributed by atoms with Crippen LogP contribution in [0.4, 0.5) is 16.2 Å². The molecule has 0 aliphatic heterocycles. The van der Waals surface area contributed by atoms with Crippen LogP contribution < -0.4 is 16.0 Å². The van der Waals surface area contributed by atoms with E-state index in [0.717, 1.165) is 10.0 Å². The molecule has 0 aliphatic carbocycles. The number of anilines is 2. The molecule has 2 aromatic carbocycles. The van der Waals surface area contributed by atoms with Crippen molar-refractivity contribution < 1.29 is 9.59 Å². The Hall–Kier alpha value is -2.34. The standard InChI is InChI=1S/C18H20BrN3O2/c1-12(2)20-18(24)22-16-9-7-15(8-10-16)21-17(23)11-13-3-5-14(19)6-4-13/h3-10,12H,11H2,1-2H3,(H,21,23)(H2,20,22,24). The summed E-state index contributed by atoms with van der Waals surface area (Å²) in [6, 6.07) is 14.4. The van der Waals surface area contributed by atoms with E-state index < -0.39 is 0 Å². The maximum absolute atomic E-state index is 12.0. The minimum Gasteiger partial charge on any atom is -0.336 e. The average Bonchev–Trinajstić information content (AvgIpc) is 2.51. The molecular weight excluding hydrogens is 370 g/mol. The molecule has 0 aliphatic rings. The van der Waals surface area contributed by atoms with Gasteiger partial charge in [0.2, 0.25) is 5.91 Å². The summed E-state index contributed by atoms with van der Waals surface area (Å²) in [6.45, 7) is 3.79. The fraction of sp³-hybridized carbons (Fsp3) is 0.222. The lowest BCUT2D eigenvalue weighted by atomic mass is 10.1. The summed E-state index contributed by atoms with van der Waals surface area (Å²) in [5.41, 5.74) is 2.30. The van der Waals surface area contributed by atoms with Crippen molar-refractivity contribution in [3.63, 3.8) is 0 Å². The zero-order valence-electron chi connectivity index (χ0n) is 13.6. The van der Waals surface area contributed by atoms with Gasteiger partial charge in [0.1, 0.15) is 0 Å². The lowest BCUT2D eigenvalue weighted by Gasteiger charge is -2.11. The second kappa shape index (κ2) is 8.49. The highest BCUT2D eigenvalue weighted by molar-refractivity contribution is 9.10. The molecule has 0 spiro atoms. The number of halogens is 1. The number of amides is 3. The van der Waals surface area contributed by atoms with Crippen LogP contribution in [0, 0.1) is 0 Å². The SMILES string of the molecule is CC(C)NC(=O)Nc1ccc(NC(=O)Cc2ccc(Br)cc2)cc1. The summed E-state index contributed by atoms with van der Waals surface area (Å²) in [4.78, 5) is 23.7. The van der Waals surface area contributed by atoms with Crippen molar-refractivity contribution >= 4 is 39.2 Å². The minimum atomic E-state index is -0.253. The smallest absolute Gasteiger partial charge is 0.319 e. The molecule has 0 unspecified atom stereocenters. The van der Waals surface area contributed by atoms with Gasteiger partial charge in [0, 0.05) is 21.9 Å².